The molecular formula is C23H25FeNO3+2. The summed E-state index contributed by atoms with van der Waals surface area (Å²) in [5, 5.41) is 10.5. The van der Waals surface area contributed by atoms with Gasteiger partial charge < -0.3 is 14.7 Å². The van der Waals surface area contributed by atoms with Crippen LogP contribution in [0.15, 0.2) is 12.1 Å². The van der Waals surface area contributed by atoms with E-state index in [4.69, 9.17) is 4.74 Å². The molecular weight excluding hydrogens is 394 g/mol. The van der Waals surface area contributed by atoms with Gasteiger partial charge in [0, 0.05) is 30.3 Å². The first-order valence-electron chi connectivity index (χ1n) is 9.38. The van der Waals surface area contributed by atoms with Crippen molar-refractivity contribution >= 4 is 11.7 Å². The molecule has 1 aromatic carbocycles. The van der Waals surface area contributed by atoms with E-state index in [0.717, 1.165) is 37.5 Å². The summed E-state index contributed by atoms with van der Waals surface area (Å²) in [7, 11) is 0. The number of ether oxygens (including phenoxy) is 1. The van der Waals surface area contributed by atoms with Crippen LogP contribution in [0, 0.1) is 63.7 Å². The van der Waals surface area contributed by atoms with Gasteiger partial charge in [0.1, 0.15) is 11.3 Å². The van der Waals surface area contributed by atoms with Gasteiger partial charge in [-0.1, -0.05) is 0 Å². The average Bonchev–Trinajstić information content (AvgIpc) is 3.47. The third-order valence-electron chi connectivity index (χ3n) is 4.59. The molecule has 1 aromatic rings. The number of carbonyl (C=O) groups is 1. The van der Waals surface area contributed by atoms with Crippen LogP contribution < -0.4 is 4.90 Å². The van der Waals surface area contributed by atoms with Crippen LogP contribution in [0.25, 0.3) is 0 Å². The predicted molar refractivity (Wildman–Crippen MR) is 107 cm³/mol. The second-order valence-electron chi connectivity index (χ2n) is 6.44. The van der Waals surface area contributed by atoms with Gasteiger partial charge in [0.15, 0.2) is 0 Å². The SMILES string of the molecule is CCOC(=O)c1cc(N2CCCC2)cc([C]2[CH][CH][CH][CH]2)c1O.[CH]1[CH][CH][CH][CH]1.[Fe+2]. The summed E-state index contributed by atoms with van der Waals surface area (Å²) in [5.41, 5.74) is 1.88. The topological polar surface area (TPSA) is 49.8 Å². The Morgan fingerprint density at radius 3 is 2.11 bits per heavy atom. The van der Waals surface area contributed by atoms with Crippen molar-refractivity contribution in [3.05, 3.63) is 87.0 Å². The third-order valence-corrected chi connectivity index (χ3v) is 4.59. The fourth-order valence-corrected chi connectivity index (χ4v) is 3.24. The molecule has 3 fully saturated rings. The van der Waals surface area contributed by atoms with Crippen LogP contribution in [-0.2, 0) is 21.8 Å². The van der Waals surface area contributed by atoms with E-state index >= 15 is 0 Å². The van der Waals surface area contributed by atoms with Gasteiger partial charge in [-0.15, -0.1) is 0 Å². The number of phenols is 1. The maximum absolute atomic E-state index is 12.2. The Labute approximate surface area is 180 Å². The van der Waals surface area contributed by atoms with Crippen molar-refractivity contribution in [3.63, 3.8) is 0 Å². The largest absolute Gasteiger partial charge is 2.00 e. The van der Waals surface area contributed by atoms with Gasteiger partial charge in [-0.05, 0) is 89.7 Å². The summed E-state index contributed by atoms with van der Waals surface area (Å²) in [5.74, 6) is 0.422. The molecule has 1 saturated heterocycles. The Balaban J connectivity index is 0.000000408. The molecule has 28 heavy (non-hydrogen) atoms. The molecule has 0 atom stereocenters. The Kier molecular flexibility index (Phi) is 9.67. The molecule has 0 spiro atoms. The van der Waals surface area contributed by atoms with E-state index in [1.165, 1.54) is 0 Å². The van der Waals surface area contributed by atoms with E-state index in [2.05, 4.69) is 4.90 Å². The van der Waals surface area contributed by atoms with Crippen molar-refractivity contribution in [1.29, 1.82) is 0 Å². The summed E-state index contributed by atoms with van der Waals surface area (Å²) >= 11 is 0. The second-order valence-corrected chi connectivity index (χ2v) is 6.44. The normalized spacial score (nSPS) is 19.1. The summed E-state index contributed by atoms with van der Waals surface area (Å²) in [6, 6.07) is 3.70. The van der Waals surface area contributed by atoms with E-state index in [1.54, 1.807) is 13.0 Å². The molecule has 146 valence electrons. The fraction of sp³-hybridized carbons (Fsp3) is 0.261. The van der Waals surface area contributed by atoms with Crippen molar-refractivity contribution in [2.45, 2.75) is 19.8 Å². The number of carbonyl (C=O) groups excluding carboxylic acids is 1. The summed E-state index contributed by atoms with van der Waals surface area (Å²) < 4.78 is 5.08. The van der Waals surface area contributed by atoms with E-state index < -0.39 is 5.97 Å². The third kappa shape index (κ3) is 5.90. The molecule has 4 rings (SSSR count). The van der Waals surface area contributed by atoms with E-state index in [0.29, 0.717) is 5.56 Å². The zero-order valence-corrected chi connectivity index (χ0v) is 17.1. The minimum Gasteiger partial charge on any atom is -0.507 e. The number of esters is 1. The van der Waals surface area contributed by atoms with Gasteiger partial charge in [0.25, 0.3) is 0 Å². The number of phenolic OH excluding ortho intramolecular Hbond substituents is 1. The van der Waals surface area contributed by atoms with Crippen LogP contribution in [0.2, 0.25) is 0 Å². The molecule has 10 radical (unpaired) electrons. The van der Waals surface area contributed by atoms with Crippen molar-refractivity contribution in [2.75, 3.05) is 24.6 Å². The molecule has 2 saturated carbocycles. The Morgan fingerprint density at radius 1 is 1.00 bits per heavy atom. The molecule has 2 aliphatic carbocycles. The van der Waals surface area contributed by atoms with E-state index in [1.807, 2.05) is 63.9 Å². The van der Waals surface area contributed by atoms with Gasteiger partial charge in [-0.2, -0.15) is 0 Å². The van der Waals surface area contributed by atoms with Crippen molar-refractivity contribution in [2.24, 2.45) is 0 Å². The fourth-order valence-electron chi connectivity index (χ4n) is 3.24. The quantitative estimate of drug-likeness (QED) is 0.594. The number of benzene rings is 1. The standard InChI is InChI=1S/C18H20NO3.C5H5.Fe/c1-2-22-18(21)16-12-14(19-9-5-6-10-19)11-15(17(16)20)13-7-3-4-8-13;1-2-4-5-3-1;/h3-4,7-8,11-12,20H,2,5-6,9-10H2,1H3;1-5H;/q;;+2. The first kappa shape index (κ1) is 23.1. The smallest absolute Gasteiger partial charge is 0.507 e. The molecule has 4 nitrogen and oxygen atoms in total. The number of rotatable bonds is 4. The first-order valence-corrected chi connectivity index (χ1v) is 9.38. The van der Waals surface area contributed by atoms with Crippen LogP contribution in [0.5, 0.6) is 5.75 Å². The minimum atomic E-state index is -0.478. The predicted octanol–water partition coefficient (Wildman–Crippen LogP) is 3.94. The van der Waals surface area contributed by atoms with Gasteiger partial charge in [0.2, 0.25) is 0 Å². The average molecular weight is 419 g/mol. The van der Waals surface area contributed by atoms with Crippen molar-refractivity contribution in [1.82, 2.24) is 0 Å². The number of nitrogens with zero attached hydrogens (tertiary/aromatic N) is 1. The summed E-state index contributed by atoms with van der Waals surface area (Å²) in [6.45, 7) is 4.01. The monoisotopic (exact) mass is 419 g/mol. The minimum absolute atomic E-state index is 0. The Bertz CT molecular complexity index is 611. The zero-order chi connectivity index (χ0) is 19.1. The van der Waals surface area contributed by atoms with Crippen LogP contribution in [0.3, 0.4) is 0 Å². The van der Waals surface area contributed by atoms with E-state index in [9.17, 15) is 9.90 Å². The second kappa shape index (κ2) is 11.7. The van der Waals surface area contributed by atoms with Crippen LogP contribution in [-0.4, -0.2) is 30.8 Å². The molecule has 0 unspecified atom stereocenters. The number of anilines is 1. The van der Waals surface area contributed by atoms with Crippen LogP contribution in [0.4, 0.5) is 5.69 Å². The van der Waals surface area contributed by atoms with Crippen LogP contribution >= 0.6 is 0 Å². The maximum atomic E-state index is 12.2. The maximum Gasteiger partial charge on any atom is 2.00 e. The molecule has 5 heteroatoms. The van der Waals surface area contributed by atoms with E-state index in [-0.39, 0.29) is 35.0 Å². The van der Waals surface area contributed by atoms with Crippen LogP contribution in [0.1, 0.15) is 35.7 Å². The summed E-state index contributed by atoms with van der Waals surface area (Å²) in [6.07, 6.45) is 20.0. The number of aromatic hydroxyl groups is 1. The summed E-state index contributed by atoms with van der Waals surface area (Å²) in [4.78, 5) is 14.4. The van der Waals surface area contributed by atoms with Gasteiger partial charge in [0.05, 0.1) is 6.61 Å². The van der Waals surface area contributed by atoms with Gasteiger partial charge in [-0.3, -0.25) is 0 Å². The first-order chi connectivity index (χ1) is 13.2. The molecule has 1 N–H and O–H groups in total. The molecule has 1 aliphatic heterocycles. The zero-order valence-electron chi connectivity index (χ0n) is 16.0. The molecule has 0 amide bonds. The van der Waals surface area contributed by atoms with Crippen molar-refractivity contribution in [3.8, 4) is 5.75 Å². The van der Waals surface area contributed by atoms with Gasteiger partial charge in [-0.25, -0.2) is 4.79 Å². The number of hydrogen-bond acceptors (Lipinski definition) is 4. The van der Waals surface area contributed by atoms with Gasteiger partial charge >= 0.3 is 23.0 Å². The Hall–Kier alpha value is -1.19. The molecule has 1 heterocycles. The molecule has 0 aromatic heterocycles. The molecule has 0 bridgehead atoms. The van der Waals surface area contributed by atoms with Crippen molar-refractivity contribution < 1.29 is 31.7 Å². The molecule has 3 aliphatic rings. The Morgan fingerprint density at radius 2 is 1.57 bits per heavy atom. The number of hydrogen-bond donors (Lipinski definition) is 1.